The van der Waals surface area contributed by atoms with Crippen LogP contribution in [0.15, 0.2) is 77.8 Å². The van der Waals surface area contributed by atoms with E-state index in [-0.39, 0.29) is 5.91 Å². The van der Waals surface area contributed by atoms with E-state index in [9.17, 15) is 4.79 Å². The topological polar surface area (TPSA) is 59.9 Å². The smallest absolute Gasteiger partial charge is 0.257 e. The fourth-order valence-electron chi connectivity index (χ4n) is 2.56. The van der Waals surface area contributed by atoms with Crippen LogP contribution < -0.4 is 14.8 Å². The van der Waals surface area contributed by atoms with Crippen LogP contribution in [-0.4, -0.2) is 26.3 Å². The molecule has 0 saturated heterocycles. The number of carbonyl (C=O) groups is 1. The van der Waals surface area contributed by atoms with Gasteiger partial charge in [-0.05, 0) is 36.4 Å². The lowest BCUT2D eigenvalue weighted by atomic mass is 10.1. The highest BCUT2D eigenvalue weighted by Crippen LogP contribution is 2.25. The van der Waals surface area contributed by atoms with Gasteiger partial charge in [0.2, 0.25) is 0 Å². The third-order valence-corrected chi connectivity index (χ3v) is 3.96. The highest BCUT2D eigenvalue weighted by molar-refractivity contribution is 6.08. The molecule has 1 N–H and O–H groups in total. The van der Waals surface area contributed by atoms with Crippen LogP contribution in [0.2, 0.25) is 0 Å². The molecule has 0 atom stereocenters. The SMILES string of the molecule is COc1ccc(C=Nc2ccccc2C(=O)Nc2ccccc2)c(OC)c1. The molecule has 1 amide bonds. The first-order valence-electron chi connectivity index (χ1n) is 8.43. The summed E-state index contributed by atoms with van der Waals surface area (Å²) in [5, 5.41) is 2.88. The summed E-state index contributed by atoms with van der Waals surface area (Å²) in [5.74, 6) is 1.13. The van der Waals surface area contributed by atoms with Crippen molar-refractivity contribution >= 4 is 23.5 Å². The Morgan fingerprint density at radius 3 is 2.41 bits per heavy atom. The molecule has 5 heteroatoms. The zero-order valence-electron chi connectivity index (χ0n) is 15.2. The van der Waals surface area contributed by atoms with Gasteiger partial charge in [0.25, 0.3) is 5.91 Å². The minimum absolute atomic E-state index is 0.212. The van der Waals surface area contributed by atoms with Crippen molar-refractivity contribution < 1.29 is 14.3 Å². The minimum Gasteiger partial charge on any atom is -0.497 e. The van der Waals surface area contributed by atoms with Crippen LogP contribution in [0.4, 0.5) is 11.4 Å². The van der Waals surface area contributed by atoms with Crippen LogP contribution in [0.3, 0.4) is 0 Å². The van der Waals surface area contributed by atoms with Crippen molar-refractivity contribution in [1.29, 1.82) is 0 Å². The molecule has 0 fully saturated rings. The van der Waals surface area contributed by atoms with Crippen molar-refractivity contribution in [1.82, 2.24) is 0 Å². The van der Waals surface area contributed by atoms with Gasteiger partial charge in [0.15, 0.2) is 0 Å². The fraction of sp³-hybridized carbons (Fsp3) is 0.0909. The van der Waals surface area contributed by atoms with Crippen molar-refractivity contribution in [3.8, 4) is 11.5 Å². The quantitative estimate of drug-likeness (QED) is 0.648. The number of benzene rings is 3. The van der Waals surface area contributed by atoms with Gasteiger partial charge >= 0.3 is 0 Å². The molecule has 0 aliphatic rings. The maximum absolute atomic E-state index is 12.6. The van der Waals surface area contributed by atoms with Gasteiger partial charge in [-0.15, -0.1) is 0 Å². The molecule has 0 aliphatic heterocycles. The van der Waals surface area contributed by atoms with Gasteiger partial charge in [-0.1, -0.05) is 30.3 Å². The van der Waals surface area contributed by atoms with E-state index >= 15 is 0 Å². The number of aliphatic imine (C=N–C) groups is 1. The molecule has 0 radical (unpaired) electrons. The summed E-state index contributed by atoms with van der Waals surface area (Å²) in [7, 11) is 3.19. The number of para-hydroxylation sites is 2. The summed E-state index contributed by atoms with van der Waals surface area (Å²) < 4.78 is 10.6. The summed E-state index contributed by atoms with van der Waals surface area (Å²) in [6, 6.07) is 22.0. The summed E-state index contributed by atoms with van der Waals surface area (Å²) in [5.41, 5.74) is 2.59. The largest absolute Gasteiger partial charge is 0.497 e. The summed E-state index contributed by atoms with van der Waals surface area (Å²) >= 11 is 0. The second-order valence-electron chi connectivity index (χ2n) is 5.70. The van der Waals surface area contributed by atoms with Crippen LogP contribution in [0, 0.1) is 0 Å². The lowest BCUT2D eigenvalue weighted by Gasteiger charge is -2.08. The van der Waals surface area contributed by atoms with Gasteiger partial charge in [-0.3, -0.25) is 9.79 Å². The number of amides is 1. The van der Waals surface area contributed by atoms with Crippen LogP contribution in [0.25, 0.3) is 0 Å². The van der Waals surface area contributed by atoms with Crippen molar-refractivity contribution in [2.24, 2.45) is 4.99 Å². The Kier molecular flexibility index (Phi) is 5.84. The zero-order chi connectivity index (χ0) is 19.1. The number of nitrogens with one attached hydrogen (secondary N) is 1. The van der Waals surface area contributed by atoms with Crippen molar-refractivity contribution in [3.63, 3.8) is 0 Å². The lowest BCUT2D eigenvalue weighted by Crippen LogP contribution is -2.11. The molecule has 0 spiro atoms. The average Bonchev–Trinajstić information content (AvgIpc) is 2.73. The van der Waals surface area contributed by atoms with E-state index in [4.69, 9.17) is 9.47 Å². The highest BCUT2D eigenvalue weighted by atomic mass is 16.5. The second-order valence-corrected chi connectivity index (χ2v) is 5.70. The molecule has 5 nitrogen and oxygen atoms in total. The lowest BCUT2D eigenvalue weighted by molar-refractivity contribution is 0.102. The standard InChI is InChI=1S/C22H20N2O3/c1-26-18-13-12-16(21(14-18)27-2)15-23-20-11-7-6-10-19(20)22(25)24-17-8-4-3-5-9-17/h3-15H,1-2H3,(H,24,25). The number of nitrogens with zero attached hydrogens (tertiary/aromatic N) is 1. The van der Waals surface area contributed by atoms with Crippen molar-refractivity contribution in [3.05, 3.63) is 83.9 Å². The van der Waals surface area contributed by atoms with Crippen molar-refractivity contribution in [2.45, 2.75) is 0 Å². The molecular weight excluding hydrogens is 340 g/mol. The Balaban J connectivity index is 1.86. The predicted molar refractivity (Wildman–Crippen MR) is 108 cm³/mol. The van der Waals surface area contributed by atoms with E-state index in [0.29, 0.717) is 22.7 Å². The molecule has 0 heterocycles. The van der Waals surface area contributed by atoms with Gasteiger partial charge < -0.3 is 14.8 Å². The summed E-state index contributed by atoms with van der Waals surface area (Å²) in [6.45, 7) is 0. The Morgan fingerprint density at radius 2 is 1.67 bits per heavy atom. The fourth-order valence-corrected chi connectivity index (χ4v) is 2.56. The Hall–Kier alpha value is -3.60. The first kappa shape index (κ1) is 18.2. The van der Waals surface area contributed by atoms with E-state index in [0.717, 1.165) is 11.3 Å². The molecule has 0 saturated carbocycles. The normalized spacial score (nSPS) is 10.6. The number of anilines is 1. The monoisotopic (exact) mass is 360 g/mol. The number of ether oxygens (including phenoxy) is 2. The molecule has 0 aliphatic carbocycles. The molecule has 3 aromatic rings. The van der Waals surface area contributed by atoms with E-state index in [1.54, 1.807) is 38.6 Å². The Bertz CT molecular complexity index is 953. The molecule has 136 valence electrons. The third-order valence-electron chi connectivity index (χ3n) is 3.96. The first-order valence-corrected chi connectivity index (χ1v) is 8.43. The maximum Gasteiger partial charge on any atom is 0.257 e. The van der Waals surface area contributed by atoms with Gasteiger partial charge in [-0.2, -0.15) is 0 Å². The number of hydrogen-bond acceptors (Lipinski definition) is 4. The summed E-state index contributed by atoms with van der Waals surface area (Å²) in [4.78, 5) is 17.1. The average molecular weight is 360 g/mol. The van der Waals surface area contributed by atoms with Crippen LogP contribution in [-0.2, 0) is 0 Å². The number of methoxy groups -OCH3 is 2. The molecular formula is C22H20N2O3. The number of carbonyl (C=O) groups excluding carboxylic acids is 1. The zero-order valence-corrected chi connectivity index (χ0v) is 15.2. The van der Waals surface area contributed by atoms with E-state index in [1.165, 1.54) is 0 Å². The number of rotatable bonds is 6. The van der Waals surface area contributed by atoms with Crippen LogP contribution in [0.1, 0.15) is 15.9 Å². The molecule has 27 heavy (non-hydrogen) atoms. The van der Waals surface area contributed by atoms with Gasteiger partial charge in [-0.25, -0.2) is 0 Å². The highest BCUT2D eigenvalue weighted by Gasteiger charge is 2.11. The number of hydrogen-bond donors (Lipinski definition) is 1. The third kappa shape index (κ3) is 4.52. The molecule has 0 aromatic heterocycles. The Morgan fingerprint density at radius 1 is 0.926 bits per heavy atom. The van der Waals surface area contributed by atoms with Crippen molar-refractivity contribution in [2.75, 3.05) is 19.5 Å². The van der Waals surface area contributed by atoms with Crippen LogP contribution >= 0.6 is 0 Å². The second kappa shape index (κ2) is 8.67. The van der Waals surface area contributed by atoms with Gasteiger partial charge in [0, 0.05) is 23.5 Å². The van der Waals surface area contributed by atoms with Gasteiger partial charge in [0.1, 0.15) is 11.5 Å². The van der Waals surface area contributed by atoms with E-state index in [2.05, 4.69) is 10.3 Å². The van der Waals surface area contributed by atoms with E-state index < -0.39 is 0 Å². The molecule has 3 aromatic carbocycles. The molecule has 3 rings (SSSR count). The molecule has 0 bridgehead atoms. The Labute approximate surface area is 158 Å². The van der Waals surface area contributed by atoms with Crippen LogP contribution in [0.5, 0.6) is 11.5 Å². The molecule has 0 unspecified atom stereocenters. The maximum atomic E-state index is 12.6. The van der Waals surface area contributed by atoms with E-state index in [1.807, 2.05) is 54.6 Å². The van der Waals surface area contributed by atoms with Gasteiger partial charge in [0.05, 0.1) is 25.5 Å². The minimum atomic E-state index is -0.212. The first-order chi connectivity index (χ1) is 13.2. The summed E-state index contributed by atoms with van der Waals surface area (Å²) in [6.07, 6.45) is 1.67. The predicted octanol–water partition coefficient (Wildman–Crippen LogP) is 4.71.